The number of amides is 1. The molecule has 27 heavy (non-hydrogen) atoms. The number of carbonyl (C=O) groups is 1. The van der Waals surface area contributed by atoms with Gasteiger partial charge in [-0.05, 0) is 62.2 Å². The molecular weight excluding hydrogens is 343 g/mol. The van der Waals surface area contributed by atoms with Gasteiger partial charge in [-0.1, -0.05) is 30.7 Å². The average molecular weight is 370 g/mol. The summed E-state index contributed by atoms with van der Waals surface area (Å²) < 4.78 is 18.8. The molecule has 1 amide bonds. The topological polar surface area (TPSA) is 41.6 Å². The molecule has 1 saturated heterocycles. The molecule has 1 N–H and O–H groups in total. The fourth-order valence-electron chi connectivity index (χ4n) is 3.32. The highest BCUT2D eigenvalue weighted by Gasteiger charge is 2.11. The Morgan fingerprint density at radius 1 is 1.07 bits per heavy atom. The van der Waals surface area contributed by atoms with Gasteiger partial charge in [0.2, 0.25) is 5.91 Å². The quantitative estimate of drug-likeness (QED) is 0.690. The number of halogens is 1. The lowest BCUT2D eigenvalue weighted by atomic mass is 10.1. The minimum absolute atomic E-state index is 0.0535. The summed E-state index contributed by atoms with van der Waals surface area (Å²) in [5.74, 6) is -0.210. The van der Waals surface area contributed by atoms with Gasteiger partial charge in [-0.2, -0.15) is 0 Å². The number of ether oxygens (including phenoxy) is 1. The normalized spacial score (nSPS) is 14.7. The number of likely N-dealkylation sites (tertiary alicyclic amines) is 1. The Morgan fingerprint density at radius 3 is 2.70 bits per heavy atom. The number of carbonyl (C=O) groups excluding carboxylic acids is 1. The third-order valence-corrected chi connectivity index (χ3v) is 4.71. The van der Waals surface area contributed by atoms with Crippen molar-refractivity contribution in [1.82, 2.24) is 4.90 Å². The van der Waals surface area contributed by atoms with Crippen LogP contribution in [0.2, 0.25) is 0 Å². The summed E-state index contributed by atoms with van der Waals surface area (Å²) in [7, 11) is 0. The first-order chi connectivity index (χ1) is 13.2. The zero-order valence-corrected chi connectivity index (χ0v) is 15.6. The first-order valence-electron chi connectivity index (χ1n) is 9.69. The summed E-state index contributed by atoms with van der Waals surface area (Å²) >= 11 is 0. The SMILES string of the molecule is O=C(CCCOc1ccccc1F)Nc1cccc(CN2CCCCC2)c1. The van der Waals surface area contributed by atoms with Crippen LogP contribution in [-0.4, -0.2) is 30.5 Å². The number of anilines is 1. The Hall–Kier alpha value is -2.40. The Labute approximate surface area is 160 Å². The van der Waals surface area contributed by atoms with Crippen LogP contribution in [0.5, 0.6) is 5.75 Å². The van der Waals surface area contributed by atoms with Crippen molar-refractivity contribution in [2.45, 2.75) is 38.6 Å². The van der Waals surface area contributed by atoms with Crippen LogP contribution in [0.4, 0.5) is 10.1 Å². The fraction of sp³-hybridized carbons (Fsp3) is 0.409. The molecule has 1 aliphatic heterocycles. The van der Waals surface area contributed by atoms with E-state index in [2.05, 4.69) is 16.3 Å². The van der Waals surface area contributed by atoms with Crippen LogP contribution in [0.1, 0.15) is 37.7 Å². The Balaban J connectivity index is 1.41. The molecule has 0 aliphatic carbocycles. The van der Waals surface area contributed by atoms with Crippen molar-refractivity contribution in [2.24, 2.45) is 0 Å². The van der Waals surface area contributed by atoms with Crippen molar-refractivity contribution in [3.05, 3.63) is 59.9 Å². The molecule has 1 aliphatic rings. The predicted molar refractivity (Wildman–Crippen MR) is 105 cm³/mol. The Bertz CT molecular complexity index is 745. The van der Waals surface area contributed by atoms with Crippen molar-refractivity contribution in [3.63, 3.8) is 0 Å². The van der Waals surface area contributed by atoms with E-state index < -0.39 is 0 Å². The molecule has 0 bridgehead atoms. The molecule has 3 rings (SSSR count). The van der Waals surface area contributed by atoms with E-state index in [4.69, 9.17) is 4.74 Å². The van der Waals surface area contributed by atoms with E-state index in [-0.39, 0.29) is 17.5 Å². The summed E-state index contributed by atoms with van der Waals surface area (Å²) in [5, 5.41) is 2.94. The van der Waals surface area contributed by atoms with Crippen LogP contribution < -0.4 is 10.1 Å². The van der Waals surface area contributed by atoms with Gasteiger partial charge < -0.3 is 10.1 Å². The standard InChI is InChI=1S/C22H27FN2O2/c23-20-10-2-3-11-21(20)27-15-7-12-22(26)24-19-9-6-8-18(16-19)17-25-13-4-1-5-14-25/h2-3,6,8-11,16H,1,4-5,7,12-15,17H2,(H,24,26). The van der Waals surface area contributed by atoms with Crippen LogP contribution in [0, 0.1) is 5.82 Å². The van der Waals surface area contributed by atoms with Gasteiger partial charge in [-0.3, -0.25) is 9.69 Å². The first kappa shape index (κ1) is 19.4. The second-order valence-electron chi connectivity index (χ2n) is 6.97. The number of piperidine rings is 1. The lowest BCUT2D eigenvalue weighted by Crippen LogP contribution is -2.29. The molecular formula is C22H27FN2O2. The maximum Gasteiger partial charge on any atom is 0.224 e. The van der Waals surface area contributed by atoms with Crippen LogP contribution in [-0.2, 0) is 11.3 Å². The number of benzene rings is 2. The molecule has 0 saturated carbocycles. The summed E-state index contributed by atoms with van der Waals surface area (Å²) in [5.41, 5.74) is 2.04. The average Bonchev–Trinajstić information content (AvgIpc) is 2.68. The number of hydrogen-bond acceptors (Lipinski definition) is 3. The van der Waals surface area contributed by atoms with E-state index in [1.165, 1.54) is 30.9 Å². The van der Waals surface area contributed by atoms with Crippen LogP contribution in [0.3, 0.4) is 0 Å². The van der Waals surface area contributed by atoms with Crippen molar-refractivity contribution in [1.29, 1.82) is 0 Å². The highest BCUT2D eigenvalue weighted by Crippen LogP contribution is 2.17. The lowest BCUT2D eigenvalue weighted by Gasteiger charge is -2.26. The van der Waals surface area contributed by atoms with E-state index in [1.54, 1.807) is 18.2 Å². The number of nitrogens with zero attached hydrogens (tertiary/aromatic N) is 1. The van der Waals surface area contributed by atoms with E-state index in [0.29, 0.717) is 19.4 Å². The van der Waals surface area contributed by atoms with Gasteiger partial charge in [0.1, 0.15) is 0 Å². The van der Waals surface area contributed by atoms with Crippen molar-refractivity contribution in [3.8, 4) is 5.75 Å². The monoisotopic (exact) mass is 370 g/mol. The molecule has 0 aromatic heterocycles. The molecule has 0 spiro atoms. The van der Waals surface area contributed by atoms with Gasteiger partial charge in [0.05, 0.1) is 6.61 Å². The fourth-order valence-corrected chi connectivity index (χ4v) is 3.32. The van der Waals surface area contributed by atoms with Gasteiger partial charge in [-0.15, -0.1) is 0 Å². The van der Waals surface area contributed by atoms with E-state index in [9.17, 15) is 9.18 Å². The molecule has 4 nitrogen and oxygen atoms in total. The van der Waals surface area contributed by atoms with E-state index in [1.807, 2.05) is 18.2 Å². The van der Waals surface area contributed by atoms with Gasteiger partial charge in [-0.25, -0.2) is 4.39 Å². The van der Waals surface area contributed by atoms with Crippen LogP contribution >= 0.6 is 0 Å². The maximum absolute atomic E-state index is 13.5. The van der Waals surface area contributed by atoms with Crippen molar-refractivity contribution in [2.75, 3.05) is 25.0 Å². The molecule has 0 unspecified atom stereocenters. The lowest BCUT2D eigenvalue weighted by molar-refractivity contribution is -0.116. The smallest absolute Gasteiger partial charge is 0.224 e. The third-order valence-electron chi connectivity index (χ3n) is 4.71. The zero-order valence-electron chi connectivity index (χ0n) is 15.6. The molecule has 144 valence electrons. The second kappa shape index (κ2) is 10.1. The van der Waals surface area contributed by atoms with Crippen molar-refractivity contribution >= 4 is 11.6 Å². The van der Waals surface area contributed by atoms with Gasteiger partial charge in [0, 0.05) is 18.7 Å². The molecule has 1 fully saturated rings. The van der Waals surface area contributed by atoms with E-state index >= 15 is 0 Å². The molecule has 2 aromatic carbocycles. The number of para-hydroxylation sites is 1. The summed E-state index contributed by atoms with van der Waals surface area (Å²) in [6.07, 6.45) is 4.74. The number of nitrogens with one attached hydrogen (secondary N) is 1. The maximum atomic E-state index is 13.5. The Morgan fingerprint density at radius 2 is 1.89 bits per heavy atom. The molecule has 0 atom stereocenters. The largest absolute Gasteiger partial charge is 0.491 e. The summed E-state index contributed by atoms with van der Waals surface area (Å²) in [6, 6.07) is 14.3. The zero-order chi connectivity index (χ0) is 18.9. The second-order valence-corrected chi connectivity index (χ2v) is 6.97. The highest BCUT2D eigenvalue weighted by molar-refractivity contribution is 5.90. The molecule has 2 aromatic rings. The summed E-state index contributed by atoms with van der Waals surface area (Å²) in [6.45, 7) is 3.54. The van der Waals surface area contributed by atoms with E-state index in [0.717, 1.165) is 25.3 Å². The molecule has 5 heteroatoms. The van der Waals surface area contributed by atoms with Gasteiger partial charge >= 0.3 is 0 Å². The van der Waals surface area contributed by atoms with Gasteiger partial charge in [0.25, 0.3) is 0 Å². The third kappa shape index (κ3) is 6.36. The molecule has 0 radical (unpaired) electrons. The van der Waals surface area contributed by atoms with Crippen LogP contribution in [0.25, 0.3) is 0 Å². The highest BCUT2D eigenvalue weighted by atomic mass is 19.1. The summed E-state index contributed by atoms with van der Waals surface area (Å²) in [4.78, 5) is 14.6. The minimum atomic E-state index is -0.382. The molecule has 1 heterocycles. The van der Waals surface area contributed by atoms with Crippen LogP contribution in [0.15, 0.2) is 48.5 Å². The predicted octanol–water partition coefficient (Wildman–Crippen LogP) is 4.61. The number of hydrogen-bond donors (Lipinski definition) is 1. The van der Waals surface area contributed by atoms with Crippen molar-refractivity contribution < 1.29 is 13.9 Å². The number of rotatable bonds is 8. The Kier molecular flexibility index (Phi) is 7.22. The minimum Gasteiger partial charge on any atom is -0.491 e. The van der Waals surface area contributed by atoms with Gasteiger partial charge in [0.15, 0.2) is 11.6 Å². The first-order valence-corrected chi connectivity index (χ1v) is 9.69.